The molecule has 0 aliphatic carbocycles. The molecule has 0 N–H and O–H groups in total. The third kappa shape index (κ3) is 12.7. The van der Waals surface area contributed by atoms with E-state index >= 15 is 0 Å². The molecule has 0 radical (unpaired) electrons. The Morgan fingerprint density at radius 2 is 0.500 bits per heavy atom. The van der Waals surface area contributed by atoms with E-state index in [1.54, 1.807) is 0 Å². The van der Waals surface area contributed by atoms with E-state index < -0.39 is 149 Å². The molecule has 0 aromatic rings. The molecule has 0 spiro atoms. The molecule has 0 fully saturated rings. The van der Waals surface area contributed by atoms with Crippen LogP contribution in [0, 0.1) is 0 Å². The van der Waals surface area contributed by atoms with Crippen molar-refractivity contribution in [1.29, 1.82) is 0 Å². The number of unbranched alkanes of at least 4 members (excludes halogenated alkanes) is 6. The Labute approximate surface area is 398 Å². The van der Waals surface area contributed by atoms with Crippen molar-refractivity contribution in [2.75, 3.05) is 47.8 Å². The molecular formula is C38H48F34N2+2. The summed E-state index contributed by atoms with van der Waals surface area (Å²) in [5, 5.41) is 0. The maximum Gasteiger partial charge on any atom is 0.460 e. The minimum atomic E-state index is -8.74. The molecule has 0 heterocycles. The Morgan fingerprint density at radius 3 is 0.784 bits per heavy atom. The lowest BCUT2D eigenvalue weighted by molar-refractivity contribution is -0.916. The maximum atomic E-state index is 14.4. The van der Waals surface area contributed by atoms with Gasteiger partial charge in [-0.25, -0.2) is 0 Å². The van der Waals surface area contributed by atoms with Crippen LogP contribution in [0.5, 0.6) is 0 Å². The molecule has 0 amide bonds. The van der Waals surface area contributed by atoms with Crippen LogP contribution in [0.3, 0.4) is 0 Å². The summed E-state index contributed by atoms with van der Waals surface area (Å²) < 4.78 is 460. The molecule has 0 saturated heterocycles. The molecule has 446 valence electrons. The lowest BCUT2D eigenvalue weighted by Gasteiger charge is -2.43. The van der Waals surface area contributed by atoms with Gasteiger partial charge in [-0.05, 0) is 32.1 Å². The molecule has 1 atom stereocenters. The Bertz CT molecular complexity index is 1780. The van der Waals surface area contributed by atoms with Gasteiger partial charge >= 0.3 is 95.3 Å². The smallest absolute Gasteiger partial charge is 0.328 e. The van der Waals surface area contributed by atoms with Gasteiger partial charge in [0.05, 0.1) is 53.9 Å². The first-order valence-electron chi connectivity index (χ1n) is 21.2. The zero-order valence-corrected chi connectivity index (χ0v) is 38.6. The summed E-state index contributed by atoms with van der Waals surface area (Å²) in [5.74, 6) is -114. The van der Waals surface area contributed by atoms with Crippen molar-refractivity contribution in [3.63, 3.8) is 0 Å². The van der Waals surface area contributed by atoms with Gasteiger partial charge in [0.1, 0.15) is 0 Å². The number of quaternary nitrogens is 2. The third-order valence-electron chi connectivity index (χ3n) is 12.3. The highest BCUT2D eigenvalue weighted by molar-refractivity contribution is 5.16. The second-order valence-corrected chi connectivity index (χ2v) is 18.7. The lowest BCUT2D eigenvalue weighted by atomic mass is 9.88. The minimum Gasteiger partial charge on any atom is -0.328 e. The Morgan fingerprint density at radius 1 is 0.270 bits per heavy atom. The standard InChI is InChI=1S/C38H48F34N2/c1-6-22(74(4,5)21-15-18-24(41,42)26(45,46)28(49,50)30(53,54)32(57,58)34(61,62)36(65,66)38(70,71)72)16-12-10-8-7-9-11-13-19-73(2,3)20-14-17-23(39,40)25(43,44)27(47,48)29(51,52)31(55,56)33(59,60)35(63,64)37(67,68)69/h22H,6-21H2,1-5H3/q+2. The quantitative estimate of drug-likeness (QED) is 0.0358. The summed E-state index contributed by atoms with van der Waals surface area (Å²) >= 11 is 0. The van der Waals surface area contributed by atoms with E-state index in [9.17, 15) is 149 Å². The molecule has 2 nitrogen and oxygen atoms in total. The zero-order chi connectivity index (χ0) is 59.9. The lowest BCUT2D eigenvalue weighted by Crippen LogP contribution is -2.74. The fraction of sp³-hybridized carbons (Fsp3) is 1.00. The average molecular weight is 1180 g/mol. The van der Waals surface area contributed by atoms with Gasteiger partial charge < -0.3 is 8.97 Å². The highest BCUT2D eigenvalue weighted by atomic mass is 19.4. The molecule has 0 bridgehead atoms. The topological polar surface area (TPSA) is 0 Å². The number of hydrogen-bond acceptors (Lipinski definition) is 0. The molecule has 74 heavy (non-hydrogen) atoms. The predicted molar refractivity (Wildman–Crippen MR) is 190 cm³/mol. The maximum absolute atomic E-state index is 14.4. The van der Waals surface area contributed by atoms with Gasteiger partial charge in [-0.15, -0.1) is 0 Å². The van der Waals surface area contributed by atoms with E-state index in [4.69, 9.17) is 0 Å². The minimum absolute atomic E-state index is 0.0176. The van der Waals surface area contributed by atoms with Crippen molar-refractivity contribution in [3.05, 3.63) is 0 Å². The van der Waals surface area contributed by atoms with Crippen molar-refractivity contribution in [3.8, 4) is 0 Å². The van der Waals surface area contributed by atoms with Crippen molar-refractivity contribution in [2.45, 2.75) is 192 Å². The Hall–Kier alpha value is -2.46. The van der Waals surface area contributed by atoms with Crippen LogP contribution in [-0.4, -0.2) is 158 Å². The number of alkyl halides is 34. The first-order chi connectivity index (χ1) is 32.1. The van der Waals surface area contributed by atoms with Crippen LogP contribution in [0.4, 0.5) is 149 Å². The van der Waals surface area contributed by atoms with E-state index in [1.807, 2.05) is 0 Å². The van der Waals surface area contributed by atoms with Gasteiger partial charge in [0.2, 0.25) is 0 Å². The summed E-state index contributed by atoms with van der Waals surface area (Å²) in [6.45, 7) is 0.124. The molecule has 0 saturated carbocycles. The zero-order valence-electron chi connectivity index (χ0n) is 38.6. The highest BCUT2D eigenvalue weighted by Crippen LogP contribution is 2.66. The summed E-state index contributed by atoms with van der Waals surface area (Å²) in [6, 6.07) is -0.569. The predicted octanol–water partition coefficient (Wildman–Crippen LogP) is 16.6. The third-order valence-corrected chi connectivity index (χ3v) is 12.3. The van der Waals surface area contributed by atoms with E-state index in [0.717, 1.165) is 0 Å². The summed E-state index contributed by atoms with van der Waals surface area (Å²) in [6.07, 6.45) is -20.6. The summed E-state index contributed by atoms with van der Waals surface area (Å²) in [5.41, 5.74) is 0. The van der Waals surface area contributed by atoms with E-state index in [0.29, 0.717) is 38.5 Å². The molecular weight excluding hydrogens is 1130 g/mol. The van der Waals surface area contributed by atoms with E-state index in [-0.39, 0.29) is 25.8 Å². The van der Waals surface area contributed by atoms with Crippen molar-refractivity contribution in [2.24, 2.45) is 0 Å². The Balaban J connectivity index is 5.34. The molecule has 0 rings (SSSR count). The van der Waals surface area contributed by atoms with Crippen LogP contribution in [-0.2, 0) is 0 Å². The fourth-order valence-electron chi connectivity index (χ4n) is 7.29. The number of nitrogens with zero attached hydrogens (tertiary/aromatic N) is 2. The Kier molecular flexibility index (Phi) is 21.3. The van der Waals surface area contributed by atoms with E-state index in [1.165, 1.54) is 35.1 Å². The van der Waals surface area contributed by atoms with Crippen LogP contribution in [0.25, 0.3) is 0 Å². The SMILES string of the molecule is CCC(CCCCCCCCC[N+](C)(C)CCCC(F)(F)C(F)(F)C(F)(F)C(F)(F)C(F)(F)C(F)(F)C(F)(F)C(F)(F)F)[N+](C)(C)CCCC(F)(F)C(F)(F)C(F)(F)C(F)(F)C(F)(F)C(F)(F)C(F)(F)C(F)(F)F. The van der Waals surface area contributed by atoms with Crippen LogP contribution < -0.4 is 0 Å². The molecule has 0 aromatic carbocycles. The van der Waals surface area contributed by atoms with Crippen LogP contribution in [0.15, 0.2) is 0 Å². The van der Waals surface area contributed by atoms with Crippen LogP contribution in [0.1, 0.15) is 90.4 Å². The average Bonchev–Trinajstić information content (AvgIpc) is 3.19. The summed E-state index contributed by atoms with van der Waals surface area (Å²) in [4.78, 5) is 0. The largest absolute Gasteiger partial charge is 0.460 e. The number of rotatable bonds is 32. The van der Waals surface area contributed by atoms with Crippen molar-refractivity contribution < 1.29 is 158 Å². The first-order valence-corrected chi connectivity index (χ1v) is 21.2. The van der Waals surface area contributed by atoms with Gasteiger partial charge in [0, 0.05) is 25.7 Å². The number of halogens is 34. The molecule has 36 heteroatoms. The monoisotopic (exact) mass is 1180 g/mol. The molecule has 0 aromatic heterocycles. The van der Waals surface area contributed by atoms with E-state index in [2.05, 4.69) is 0 Å². The summed E-state index contributed by atoms with van der Waals surface area (Å²) in [7, 11) is 5.00. The highest BCUT2D eigenvalue weighted by Gasteiger charge is 2.97. The molecule has 0 aliphatic heterocycles. The van der Waals surface area contributed by atoms with Gasteiger partial charge in [0.15, 0.2) is 0 Å². The molecule has 1 unspecified atom stereocenters. The second kappa shape index (κ2) is 22.0. The molecule has 0 aliphatic rings. The van der Waals surface area contributed by atoms with Gasteiger partial charge in [0.25, 0.3) is 0 Å². The van der Waals surface area contributed by atoms with Crippen LogP contribution >= 0.6 is 0 Å². The first kappa shape index (κ1) is 71.5. The van der Waals surface area contributed by atoms with Crippen LogP contribution in [0.2, 0.25) is 0 Å². The van der Waals surface area contributed by atoms with Crippen molar-refractivity contribution in [1.82, 2.24) is 0 Å². The van der Waals surface area contributed by atoms with Gasteiger partial charge in [-0.1, -0.05) is 32.6 Å². The second-order valence-electron chi connectivity index (χ2n) is 18.7. The number of hydrogen-bond donors (Lipinski definition) is 0. The normalized spacial score (nSPS) is 16.6. The van der Waals surface area contributed by atoms with Gasteiger partial charge in [-0.2, -0.15) is 149 Å². The van der Waals surface area contributed by atoms with Gasteiger partial charge in [-0.3, -0.25) is 0 Å². The van der Waals surface area contributed by atoms with Crippen molar-refractivity contribution >= 4 is 0 Å². The fourth-order valence-corrected chi connectivity index (χ4v) is 7.29.